The zero-order valence-electron chi connectivity index (χ0n) is 13.9. The highest BCUT2D eigenvalue weighted by Crippen LogP contribution is 2.24. The van der Waals surface area contributed by atoms with Crippen molar-refractivity contribution >= 4 is 29.2 Å². The molecule has 0 saturated heterocycles. The quantitative estimate of drug-likeness (QED) is 0.609. The maximum Gasteiger partial charge on any atom is 0.338 e. The number of benzene rings is 2. The predicted octanol–water partition coefficient (Wildman–Crippen LogP) is 2.97. The average Bonchev–Trinajstić information content (AvgIpc) is 2.61. The Morgan fingerprint density at radius 2 is 1.96 bits per heavy atom. The number of rotatable bonds is 6. The van der Waals surface area contributed by atoms with E-state index in [-0.39, 0.29) is 17.3 Å². The number of carbonyl (C=O) groups excluding carboxylic acids is 2. The third-order valence-corrected chi connectivity index (χ3v) is 3.89. The number of nitrogens with one attached hydrogen (secondary N) is 1. The Hall–Kier alpha value is -2.73. The van der Waals surface area contributed by atoms with E-state index in [1.165, 1.54) is 18.2 Å². The fraction of sp³-hybridized carbons (Fsp3) is 0.222. The molecule has 0 bridgehead atoms. The second-order valence-corrected chi connectivity index (χ2v) is 5.75. The van der Waals surface area contributed by atoms with E-state index in [1.807, 2.05) is 31.2 Å². The lowest BCUT2D eigenvalue weighted by Crippen LogP contribution is -2.31. The van der Waals surface area contributed by atoms with Crippen molar-refractivity contribution < 1.29 is 19.1 Å². The Morgan fingerprint density at radius 3 is 2.64 bits per heavy atom. The zero-order chi connectivity index (χ0) is 18.4. The summed E-state index contributed by atoms with van der Waals surface area (Å²) in [4.78, 5) is 24.0. The van der Waals surface area contributed by atoms with Gasteiger partial charge in [0, 0.05) is 5.56 Å². The van der Waals surface area contributed by atoms with Crippen LogP contribution in [0.15, 0.2) is 42.5 Å². The molecule has 1 atom stereocenters. The van der Waals surface area contributed by atoms with Gasteiger partial charge in [-0.3, -0.25) is 4.79 Å². The molecule has 0 heterocycles. The monoisotopic (exact) mass is 362 g/mol. The minimum absolute atomic E-state index is 0.229. The third kappa shape index (κ3) is 4.87. The minimum atomic E-state index is -0.650. The Labute approximate surface area is 150 Å². The molecule has 1 amide bonds. The van der Waals surface area contributed by atoms with Crippen LogP contribution in [-0.2, 0) is 9.53 Å². The molecule has 0 saturated carbocycles. The first-order chi connectivity index (χ1) is 11.9. The van der Waals surface area contributed by atoms with Gasteiger partial charge in [0.2, 0.25) is 0 Å². The smallest absolute Gasteiger partial charge is 0.338 e. The van der Waals surface area contributed by atoms with Crippen LogP contribution in [0.2, 0.25) is 5.02 Å². The number of hydrogen-bond donors (Lipinski definition) is 2. The second-order valence-electron chi connectivity index (χ2n) is 5.34. The Bertz CT molecular complexity index is 779. The van der Waals surface area contributed by atoms with E-state index in [2.05, 4.69) is 5.32 Å². The summed E-state index contributed by atoms with van der Waals surface area (Å²) in [5.74, 6) is -0.402. The molecule has 0 aliphatic carbocycles. The highest BCUT2D eigenvalue weighted by Gasteiger charge is 2.16. The number of carbonyl (C=O) groups is 2. The number of methoxy groups -OCH3 is 1. The van der Waals surface area contributed by atoms with Crippen molar-refractivity contribution in [3.8, 4) is 5.75 Å². The van der Waals surface area contributed by atoms with Gasteiger partial charge in [-0.05, 0) is 31.2 Å². The number of ether oxygens (including phenoxy) is 2. The molecule has 0 radical (unpaired) electrons. The van der Waals surface area contributed by atoms with Gasteiger partial charge in [-0.1, -0.05) is 29.8 Å². The van der Waals surface area contributed by atoms with E-state index in [4.69, 9.17) is 26.8 Å². The summed E-state index contributed by atoms with van der Waals surface area (Å²) in [5.41, 5.74) is 6.97. The normalized spacial score (nSPS) is 11.5. The van der Waals surface area contributed by atoms with Crippen molar-refractivity contribution in [2.45, 2.75) is 13.0 Å². The van der Waals surface area contributed by atoms with Gasteiger partial charge < -0.3 is 20.5 Å². The predicted molar refractivity (Wildman–Crippen MR) is 95.7 cm³/mol. The highest BCUT2D eigenvalue weighted by atomic mass is 35.5. The number of para-hydroxylation sites is 1. The molecular weight excluding hydrogens is 344 g/mol. The molecule has 1 unspecified atom stereocenters. The molecule has 6 nitrogen and oxygen atoms in total. The van der Waals surface area contributed by atoms with Crippen LogP contribution in [-0.4, -0.2) is 25.6 Å². The molecule has 0 aliphatic heterocycles. The van der Waals surface area contributed by atoms with Crippen LogP contribution in [0.5, 0.6) is 5.75 Å². The molecule has 2 aromatic carbocycles. The first-order valence-electron chi connectivity index (χ1n) is 7.56. The lowest BCUT2D eigenvalue weighted by Gasteiger charge is -2.17. The molecular formula is C18H19ClN2O4. The number of nitrogens with two attached hydrogens (primary N) is 1. The molecule has 0 aliphatic rings. The van der Waals surface area contributed by atoms with Crippen molar-refractivity contribution in [1.29, 1.82) is 0 Å². The molecule has 132 valence electrons. The molecule has 0 aromatic heterocycles. The van der Waals surface area contributed by atoms with Gasteiger partial charge in [-0.2, -0.15) is 0 Å². The van der Waals surface area contributed by atoms with Gasteiger partial charge >= 0.3 is 5.97 Å². The summed E-state index contributed by atoms with van der Waals surface area (Å²) in [6.45, 7) is 1.42. The van der Waals surface area contributed by atoms with Crippen LogP contribution in [0, 0.1) is 0 Å². The lowest BCUT2D eigenvalue weighted by molar-refractivity contribution is -0.124. The fourth-order valence-corrected chi connectivity index (χ4v) is 2.39. The molecule has 3 N–H and O–H groups in total. The second kappa shape index (κ2) is 8.39. The first-order valence-corrected chi connectivity index (χ1v) is 7.94. The van der Waals surface area contributed by atoms with Crippen molar-refractivity contribution in [1.82, 2.24) is 5.32 Å². The molecule has 0 spiro atoms. The Balaban J connectivity index is 1.91. The van der Waals surface area contributed by atoms with E-state index in [0.717, 1.165) is 5.56 Å². The van der Waals surface area contributed by atoms with Crippen LogP contribution in [0.4, 0.5) is 5.69 Å². The van der Waals surface area contributed by atoms with E-state index < -0.39 is 18.5 Å². The summed E-state index contributed by atoms with van der Waals surface area (Å²) < 4.78 is 10.3. The van der Waals surface area contributed by atoms with Crippen LogP contribution in [0.3, 0.4) is 0 Å². The standard InChI is InChI=1S/C18H19ClN2O4/c1-11(13-5-3-4-6-16(13)24-2)21-17(22)10-25-18(23)12-7-8-14(19)15(20)9-12/h3-9,11H,10,20H2,1-2H3,(H,21,22). The number of esters is 1. The molecule has 7 heteroatoms. The zero-order valence-corrected chi connectivity index (χ0v) is 14.7. The maximum absolute atomic E-state index is 12.0. The van der Waals surface area contributed by atoms with Crippen LogP contribution in [0.1, 0.15) is 28.9 Å². The van der Waals surface area contributed by atoms with Gasteiger partial charge in [-0.15, -0.1) is 0 Å². The van der Waals surface area contributed by atoms with Crippen molar-refractivity contribution in [3.63, 3.8) is 0 Å². The summed E-state index contributed by atoms with van der Waals surface area (Å²) in [6, 6.07) is 11.4. The number of anilines is 1. The van der Waals surface area contributed by atoms with Gasteiger partial charge in [0.15, 0.2) is 6.61 Å². The maximum atomic E-state index is 12.0. The topological polar surface area (TPSA) is 90.6 Å². The SMILES string of the molecule is COc1ccccc1C(C)NC(=O)COC(=O)c1ccc(Cl)c(N)c1. The van der Waals surface area contributed by atoms with E-state index in [9.17, 15) is 9.59 Å². The summed E-state index contributed by atoms with van der Waals surface area (Å²) in [5, 5.41) is 3.10. The van der Waals surface area contributed by atoms with Crippen molar-refractivity contribution in [2.24, 2.45) is 0 Å². The number of halogens is 1. The minimum Gasteiger partial charge on any atom is -0.496 e. The lowest BCUT2D eigenvalue weighted by atomic mass is 10.1. The van der Waals surface area contributed by atoms with E-state index >= 15 is 0 Å². The highest BCUT2D eigenvalue weighted by molar-refractivity contribution is 6.33. The Kier molecular flexibility index (Phi) is 6.25. The van der Waals surface area contributed by atoms with E-state index in [1.54, 1.807) is 7.11 Å². The Morgan fingerprint density at radius 1 is 1.24 bits per heavy atom. The largest absolute Gasteiger partial charge is 0.496 e. The number of amides is 1. The van der Waals surface area contributed by atoms with Gasteiger partial charge in [0.25, 0.3) is 5.91 Å². The number of nitrogen functional groups attached to an aromatic ring is 1. The molecule has 2 rings (SSSR count). The average molecular weight is 363 g/mol. The van der Waals surface area contributed by atoms with Crippen LogP contribution >= 0.6 is 11.6 Å². The van der Waals surface area contributed by atoms with Crippen LogP contribution < -0.4 is 15.8 Å². The first kappa shape index (κ1) is 18.6. The van der Waals surface area contributed by atoms with Crippen LogP contribution in [0.25, 0.3) is 0 Å². The summed E-state index contributed by atoms with van der Waals surface area (Å²) in [6.07, 6.45) is 0. The van der Waals surface area contributed by atoms with E-state index in [0.29, 0.717) is 10.8 Å². The van der Waals surface area contributed by atoms with Gasteiger partial charge in [-0.25, -0.2) is 4.79 Å². The number of hydrogen-bond acceptors (Lipinski definition) is 5. The molecule has 2 aromatic rings. The van der Waals surface area contributed by atoms with Crippen molar-refractivity contribution in [3.05, 3.63) is 58.6 Å². The van der Waals surface area contributed by atoms with Crippen molar-refractivity contribution in [2.75, 3.05) is 19.5 Å². The summed E-state index contributed by atoms with van der Waals surface area (Å²) in [7, 11) is 1.56. The molecule has 0 fully saturated rings. The van der Waals surface area contributed by atoms with Gasteiger partial charge in [0.05, 0.1) is 29.4 Å². The van der Waals surface area contributed by atoms with Gasteiger partial charge in [0.1, 0.15) is 5.75 Å². The third-order valence-electron chi connectivity index (χ3n) is 3.55. The summed E-state index contributed by atoms with van der Waals surface area (Å²) >= 11 is 5.80. The molecule has 25 heavy (non-hydrogen) atoms. The fourth-order valence-electron chi connectivity index (χ4n) is 2.27.